The van der Waals surface area contributed by atoms with Crippen LogP contribution in [0.3, 0.4) is 0 Å². The maximum Gasteiger partial charge on any atom is 0.0730 e. The van der Waals surface area contributed by atoms with E-state index >= 15 is 0 Å². The van der Waals surface area contributed by atoms with Crippen LogP contribution in [0.2, 0.25) is 0 Å². The Labute approximate surface area is 133 Å². The topological polar surface area (TPSA) is 21.3 Å². The van der Waals surface area contributed by atoms with Gasteiger partial charge in [0.15, 0.2) is 0 Å². The van der Waals surface area contributed by atoms with Crippen molar-refractivity contribution in [2.45, 2.75) is 92.2 Å². The molecule has 21 heavy (non-hydrogen) atoms. The fraction of sp³-hybridized carbons (Fsp3) is 1.00. The van der Waals surface area contributed by atoms with E-state index in [0.717, 1.165) is 25.0 Å². The lowest BCUT2D eigenvalue weighted by Gasteiger charge is -2.43. The van der Waals surface area contributed by atoms with E-state index in [4.69, 9.17) is 4.74 Å². The third kappa shape index (κ3) is 6.28. The summed E-state index contributed by atoms with van der Waals surface area (Å²) in [4.78, 5) is 0. The molecule has 126 valence electrons. The average molecular weight is 298 g/mol. The van der Waals surface area contributed by atoms with Crippen molar-refractivity contribution >= 4 is 0 Å². The monoisotopic (exact) mass is 297 g/mol. The first-order chi connectivity index (χ1) is 9.90. The van der Waals surface area contributed by atoms with E-state index in [1.165, 1.54) is 38.5 Å². The zero-order chi connectivity index (χ0) is 15.9. The Morgan fingerprint density at radius 2 is 1.90 bits per heavy atom. The lowest BCUT2D eigenvalue weighted by molar-refractivity contribution is -0.0324. The van der Waals surface area contributed by atoms with Gasteiger partial charge in [-0.25, -0.2) is 0 Å². The van der Waals surface area contributed by atoms with Crippen molar-refractivity contribution < 1.29 is 4.74 Å². The number of nitrogens with one attached hydrogen (secondary N) is 1. The number of hydrogen-bond donors (Lipinski definition) is 1. The highest BCUT2D eigenvalue weighted by atomic mass is 16.5. The average Bonchev–Trinajstić information content (AvgIpc) is 2.44. The Balaban J connectivity index is 2.51. The molecule has 1 N–H and O–H groups in total. The van der Waals surface area contributed by atoms with Crippen LogP contribution >= 0.6 is 0 Å². The summed E-state index contributed by atoms with van der Waals surface area (Å²) in [5.74, 6) is 1.60. The summed E-state index contributed by atoms with van der Waals surface area (Å²) in [6.07, 6.45) is 8.03. The lowest BCUT2D eigenvalue weighted by Crippen LogP contribution is -2.47. The summed E-state index contributed by atoms with van der Waals surface area (Å²) in [5.41, 5.74) is 0.455. The molecule has 1 saturated carbocycles. The second-order valence-electron chi connectivity index (χ2n) is 7.96. The molecule has 1 aliphatic rings. The minimum Gasteiger partial charge on any atom is -0.377 e. The fourth-order valence-corrected chi connectivity index (χ4v) is 3.53. The van der Waals surface area contributed by atoms with Crippen molar-refractivity contribution in [2.24, 2.45) is 17.3 Å². The van der Waals surface area contributed by atoms with Crippen molar-refractivity contribution in [3.8, 4) is 0 Å². The maximum atomic E-state index is 6.31. The van der Waals surface area contributed by atoms with Gasteiger partial charge in [-0.3, -0.25) is 0 Å². The normalized spacial score (nSPS) is 27.3. The van der Waals surface area contributed by atoms with Crippen molar-refractivity contribution in [2.75, 3.05) is 13.2 Å². The summed E-state index contributed by atoms with van der Waals surface area (Å²) in [6.45, 7) is 16.0. The first kappa shape index (κ1) is 19.0. The molecule has 0 amide bonds. The van der Waals surface area contributed by atoms with Crippen molar-refractivity contribution in [1.29, 1.82) is 0 Å². The Kier molecular flexibility index (Phi) is 8.26. The zero-order valence-electron chi connectivity index (χ0n) is 15.4. The zero-order valence-corrected chi connectivity index (χ0v) is 15.4. The predicted molar refractivity (Wildman–Crippen MR) is 92.7 cm³/mol. The van der Waals surface area contributed by atoms with Crippen LogP contribution in [0.1, 0.15) is 80.1 Å². The molecule has 1 rings (SSSR count). The summed E-state index contributed by atoms with van der Waals surface area (Å²) in [7, 11) is 0. The highest BCUT2D eigenvalue weighted by Gasteiger charge is 2.37. The van der Waals surface area contributed by atoms with Crippen molar-refractivity contribution in [3.63, 3.8) is 0 Å². The summed E-state index contributed by atoms with van der Waals surface area (Å²) < 4.78 is 6.31. The molecule has 2 heteroatoms. The van der Waals surface area contributed by atoms with Gasteiger partial charge in [-0.1, -0.05) is 48.0 Å². The Morgan fingerprint density at radius 3 is 2.48 bits per heavy atom. The molecule has 0 aliphatic heterocycles. The van der Waals surface area contributed by atoms with E-state index in [0.29, 0.717) is 17.6 Å². The highest BCUT2D eigenvalue weighted by Crippen LogP contribution is 2.41. The van der Waals surface area contributed by atoms with E-state index in [-0.39, 0.29) is 0 Å². The molecular weight excluding hydrogens is 258 g/mol. The van der Waals surface area contributed by atoms with Gasteiger partial charge in [0.1, 0.15) is 0 Å². The fourth-order valence-electron chi connectivity index (χ4n) is 3.53. The minimum absolute atomic E-state index is 0.418. The van der Waals surface area contributed by atoms with Crippen LogP contribution in [0.15, 0.2) is 0 Å². The van der Waals surface area contributed by atoms with Crippen LogP contribution in [0.5, 0.6) is 0 Å². The van der Waals surface area contributed by atoms with Crippen LogP contribution in [0.25, 0.3) is 0 Å². The van der Waals surface area contributed by atoms with Crippen LogP contribution < -0.4 is 5.32 Å². The standard InChI is InChI=1S/C19H39NO/c1-7-19(5,6)16-11-12-17(20-8-2)18(14-16)21-13-9-10-15(3)4/h15-18,20H,7-14H2,1-6H3. The predicted octanol–water partition coefficient (Wildman–Crippen LogP) is 5.02. The second kappa shape index (κ2) is 9.15. The molecule has 0 saturated heterocycles. The Bertz CT molecular complexity index is 275. The summed E-state index contributed by atoms with van der Waals surface area (Å²) in [6, 6.07) is 0.568. The molecule has 0 aromatic carbocycles. The second-order valence-corrected chi connectivity index (χ2v) is 7.96. The molecule has 0 heterocycles. The molecule has 0 radical (unpaired) electrons. The summed E-state index contributed by atoms with van der Waals surface area (Å²) >= 11 is 0. The van der Waals surface area contributed by atoms with Crippen LogP contribution in [-0.2, 0) is 4.74 Å². The van der Waals surface area contributed by atoms with Gasteiger partial charge in [0.25, 0.3) is 0 Å². The minimum atomic E-state index is 0.418. The molecular formula is C19H39NO. The number of rotatable bonds is 9. The molecule has 3 atom stereocenters. The van der Waals surface area contributed by atoms with E-state index in [1.54, 1.807) is 0 Å². The van der Waals surface area contributed by atoms with Gasteiger partial charge < -0.3 is 10.1 Å². The van der Waals surface area contributed by atoms with Crippen LogP contribution in [0.4, 0.5) is 0 Å². The Morgan fingerprint density at radius 1 is 1.19 bits per heavy atom. The molecule has 1 aliphatic carbocycles. The van der Waals surface area contributed by atoms with Crippen LogP contribution in [0, 0.1) is 17.3 Å². The third-order valence-electron chi connectivity index (χ3n) is 5.53. The molecule has 0 aromatic rings. The van der Waals surface area contributed by atoms with E-state index in [9.17, 15) is 0 Å². The van der Waals surface area contributed by atoms with Gasteiger partial charge >= 0.3 is 0 Å². The van der Waals surface area contributed by atoms with Gasteiger partial charge in [0.2, 0.25) is 0 Å². The molecule has 0 bridgehead atoms. The van der Waals surface area contributed by atoms with Crippen molar-refractivity contribution in [1.82, 2.24) is 5.32 Å². The summed E-state index contributed by atoms with van der Waals surface area (Å²) in [5, 5.41) is 3.65. The lowest BCUT2D eigenvalue weighted by atomic mass is 9.68. The van der Waals surface area contributed by atoms with Gasteiger partial charge in [-0.05, 0) is 55.9 Å². The number of hydrogen-bond acceptors (Lipinski definition) is 2. The van der Waals surface area contributed by atoms with Crippen LogP contribution in [-0.4, -0.2) is 25.3 Å². The largest absolute Gasteiger partial charge is 0.377 e. The number of likely N-dealkylation sites (N-methyl/N-ethyl adjacent to an activating group) is 1. The van der Waals surface area contributed by atoms with Gasteiger partial charge in [0, 0.05) is 12.6 Å². The molecule has 1 fully saturated rings. The SMILES string of the molecule is CCNC1CCC(C(C)(C)CC)CC1OCCCC(C)C. The highest BCUT2D eigenvalue weighted by molar-refractivity contribution is 4.90. The third-order valence-corrected chi connectivity index (χ3v) is 5.53. The van der Waals surface area contributed by atoms with Crippen molar-refractivity contribution in [3.05, 3.63) is 0 Å². The first-order valence-electron chi connectivity index (χ1n) is 9.25. The maximum absolute atomic E-state index is 6.31. The quantitative estimate of drug-likeness (QED) is 0.603. The molecule has 0 aromatic heterocycles. The number of ether oxygens (including phenoxy) is 1. The van der Waals surface area contributed by atoms with Gasteiger partial charge in [-0.2, -0.15) is 0 Å². The molecule has 0 spiro atoms. The smallest absolute Gasteiger partial charge is 0.0730 e. The van der Waals surface area contributed by atoms with Gasteiger partial charge in [-0.15, -0.1) is 0 Å². The van der Waals surface area contributed by atoms with E-state index < -0.39 is 0 Å². The van der Waals surface area contributed by atoms with E-state index in [2.05, 4.69) is 46.9 Å². The molecule has 2 nitrogen and oxygen atoms in total. The van der Waals surface area contributed by atoms with E-state index in [1.807, 2.05) is 0 Å². The Hall–Kier alpha value is -0.0800. The molecule has 3 unspecified atom stereocenters. The first-order valence-corrected chi connectivity index (χ1v) is 9.25. The van der Waals surface area contributed by atoms with Gasteiger partial charge in [0.05, 0.1) is 6.10 Å².